The first-order chi connectivity index (χ1) is 17.6. The molecule has 2 aromatic carbocycles. The highest BCUT2D eigenvalue weighted by Gasteiger charge is 2.19. The zero-order valence-electron chi connectivity index (χ0n) is 21.0. The van der Waals surface area contributed by atoms with E-state index < -0.39 is 5.91 Å². The van der Waals surface area contributed by atoms with Crippen LogP contribution in [0.1, 0.15) is 21.6 Å². The molecule has 1 aromatic heterocycles. The molecule has 3 aromatic rings. The van der Waals surface area contributed by atoms with Crippen molar-refractivity contribution in [1.82, 2.24) is 20.6 Å². The van der Waals surface area contributed by atoms with E-state index in [2.05, 4.69) is 20.6 Å². The van der Waals surface area contributed by atoms with Crippen LogP contribution in [0.3, 0.4) is 0 Å². The summed E-state index contributed by atoms with van der Waals surface area (Å²) in [6.45, 7) is 2.69. The summed E-state index contributed by atoms with van der Waals surface area (Å²) in [6.07, 6.45) is 0.287. The van der Waals surface area contributed by atoms with Crippen LogP contribution in [0.5, 0.6) is 5.75 Å². The molecule has 0 aliphatic heterocycles. The molecule has 11 heteroatoms. The molecule has 0 saturated carbocycles. The van der Waals surface area contributed by atoms with Crippen molar-refractivity contribution in [3.8, 4) is 5.75 Å². The van der Waals surface area contributed by atoms with Crippen molar-refractivity contribution < 1.29 is 18.8 Å². The molecule has 37 heavy (non-hydrogen) atoms. The number of nitrogens with one attached hydrogen (secondary N) is 2. The predicted octanol–water partition coefficient (Wildman–Crippen LogP) is 2.04. The zero-order chi connectivity index (χ0) is 26.8. The first-order valence-electron chi connectivity index (χ1n) is 11.8. The van der Waals surface area contributed by atoms with Gasteiger partial charge in [-0.05, 0) is 23.3 Å². The average Bonchev–Trinajstić information content (AvgIpc) is 2.86. The number of amides is 2. The second kappa shape index (κ2) is 12.9. The van der Waals surface area contributed by atoms with Crippen molar-refractivity contribution in [2.45, 2.75) is 13.0 Å². The topological polar surface area (TPSA) is 145 Å². The lowest BCUT2D eigenvalue weighted by Crippen LogP contribution is -2.49. The van der Waals surface area contributed by atoms with Gasteiger partial charge in [-0.15, -0.1) is 0 Å². The Morgan fingerprint density at radius 3 is 2.22 bits per heavy atom. The summed E-state index contributed by atoms with van der Waals surface area (Å²) in [4.78, 5) is 32.4. The van der Waals surface area contributed by atoms with Gasteiger partial charge < -0.3 is 31.3 Å². The molecule has 0 saturated heterocycles. The quantitative estimate of drug-likeness (QED) is 0.264. The Labute approximate surface area is 221 Å². The van der Waals surface area contributed by atoms with Gasteiger partial charge in [0.15, 0.2) is 22.5 Å². The SMILES string of the molecule is C[N+](C)(CCNC(=O)Cc1ccc(OCc2ccccc2)cc1)CCNC(=O)c1nc(Cl)c(N)nc1N. The molecule has 0 aliphatic carbocycles. The molecule has 0 bridgehead atoms. The minimum Gasteiger partial charge on any atom is -0.489 e. The van der Waals surface area contributed by atoms with Crippen LogP contribution in [0, 0.1) is 0 Å². The third-order valence-electron chi connectivity index (χ3n) is 5.70. The van der Waals surface area contributed by atoms with E-state index in [1.165, 1.54) is 0 Å². The fraction of sp³-hybridized carbons (Fsp3) is 0.308. The van der Waals surface area contributed by atoms with Gasteiger partial charge >= 0.3 is 0 Å². The predicted molar refractivity (Wildman–Crippen MR) is 144 cm³/mol. The number of quaternary nitrogens is 1. The molecule has 0 atom stereocenters. The first kappa shape index (κ1) is 27.7. The van der Waals surface area contributed by atoms with Crippen molar-refractivity contribution in [2.75, 3.05) is 51.7 Å². The highest BCUT2D eigenvalue weighted by Crippen LogP contribution is 2.17. The number of anilines is 2. The maximum absolute atomic E-state index is 12.4. The number of hydrogen-bond acceptors (Lipinski definition) is 7. The Morgan fingerprint density at radius 1 is 0.892 bits per heavy atom. The smallest absolute Gasteiger partial charge is 0.273 e. The Morgan fingerprint density at radius 2 is 1.54 bits per heavy atom. The van der Waals surface area contributed by atoms with E-state index in [4.69, 9.17) is 27.8 Å². The second-order valence-corrected chi connectivity index (χ2v) is 9.58. The fourth-order valence-corrected chi connectivity index (χ4v) is 3.59. The number of nitrogens with two attached hydrogens (primary N) is 2. The lowest BCUT2D eigenvalue weighted by molar-refractivity contribution is -0.887. The standard InChI is InChI=1S/C26H32ClN7O3/c1-34(2,15-13-31-26(36)22-24(28)33-25(29)23(27)32-22)14-12-30-21(35)16-18-8-10-20(11-9-18)37-17-19-6-4-3-5-7-19/h3-11H,12-17H2,1-2H3,(H5-,28,29,30,31,33,35,36)/p+1. The molecule has 0 radical (unpaired) electrons. The lowest BCUT2D eigenvalue weighted by atomic mass is 10.1. The van der Waals surface area contributed by atoms with Crippen LogP contribution in [-0.2, 0) is 17.8 Å². The Balaban J connectivity index is 1.35. The number of hydrogen-bond donors (Lipinski definition) is 4. The number of carbonyl (C=O) groups is 2. The first-order valence-corrected chi connectivity index (χ1v) is 12.2. The van der Waals surface area contributed by atoms with Gasteiger partial charge in [-0.2, -0.15) is 0 Å². The molecular weight excluding hydrogens is 494 g/mol. The van der Waals surface area contributed by atoms with Crippen LogP contribution in [0.2, 0.25) is 5.15 Å². The van der Waals surface area contributed by atoms with E-state index in [1.54, 1.807) is 0 Å². The highest BCUT2D eigenvalue weighted by molar-refractivity contribution is 6.31. The molecule has 3 rings (SSSR count). The average molecular weight is 527 g/mol. The van der Waals surface area contributed by atoms with Crippen LogP contribution >= 0.6 is 11.6 Å². The van der Waals surface area contributed by atoms with E-state index in [1.807, 2.05) is 68.7 Å². The molecule has 0 fully saturated rings. The Bertz CT molecular complexity index is 1200. The fourth-order valence-electron chi connectivity index (χ4n) is 3.47. The van der Waals surface area contributed by atoms with Crippen molar-refractivity contribution in [1.29, 1.82) is 0 Å². The molecule has 10 nitrogen and oxygen atoms in total. The van der Waals surface area contributed by atoms with Crippen LogP contribution in [0.15, 0.2) is 54.6 Å². The number of likely N-dealkylation sites (N-methyl/N-ethyl adjacent to an activating group) is 1. The van der Waals surface area contributed by atoms with Crippen molar-refractivity contribution in [3.63, 3.8) is 0 Å². The second-order valence-electron chi connectivity index (χ2n) is 9.22. The number of nitrogen functional groups attached to an aromatic ring is 2. The molecular formula is C26H33ClN7O3+. The van der Waals surface area contributed by atoms with E-state index in [-0.39, 0.29) is 34.8 Å². The summed E-state index contributed by atoms with van der Waals surface area (Å²) < 4.78 is 6.37. The van der Waals surface area contributed by atoms with E-state index in [0.717, 1.165) is 16.9 Å². The summed E-state index contributed by atoms with van der Waals surface area (Å²) in [5, 5.41) is 5.65. The number of carbonyl (C=O) groups excluding carboxylic acids is 2. The molecule has 0 spiro atoms. The summed E-state index contributed by atoms with van der Waals surface area (Å²) in [5.41, 5.74) is 13.2. The maximum Gasteiger partial charge on any atom is 0.273 e. The number of ether oxygens (including phenoxy) is 1. The van der Waals surface area contributed by atoms with Gasteiger partial charge in [0.2, 0.25) is 5.91 Å². The lowest BCUT2D eigenvalue weighted by Gasteiger charge is -2.30. The van der Waals surface area contributed by atoms with Crippen molar-refractivity contribution >= 4 is 35.1 Å². The van der Waals surface area contributed by atoms with Gasteiger partial charge in [0, 0.05) is 0 Å². The van der Waals surface area contributed by atoms with Gasteiger partial charge in [-0.1, -0.05) is 54.1 Å². The minimum absolute atomic E-state index is 0.0274. The number of rotatable bonds is 12. The minimum atomic E-state index is -0.475. The summed E-state index contributed by atoms with van der Waals surface area (Å²) >= 11 is 5.83. The van der Waals surface area contributed by atoms with Crippen molar-refractivity contribution in [2.24, 2.45) is 0 Å². The van der Waals surface area contributed by atoms with Crippen molar-refractivity contribution in [3.05, 3.63) is 76.6 Å². The van der Waals surface area contributed by atoms with E-state index in [0.29, 0.717) is 37.3 Å². The van der Waals surface area contributed by atoms with E-state index >= 15 is 0 Å². The summed E-state index contributed by atoms with van der Waals surface area (Å²) in [5.74, 6) is 0.122. The van der Waals surface area contributed by atoms with Crippen LogP contribution < -0.4 is 26.8 Å². The maximum atomic E-state index is 12.4. The molecule has 196 valence electrons. The van der Waals surface area contributed by atoms with Crippen LogP contribution in [-0.4, -0.2) is 66.5 Å². The van der Waals surface area contributed by atoms with Crippen LogP contribution in [0.4, 0.5) is 11.6 Å². The molecule has 0 aliphatic rings. The Kier molecular flexibility index (Phi) is 9.64. The molecule has 1 heterocycles. The van der Waals surface area contributed by atoms with Crippen LogP contribution in [0.25, 0.3) is 0 Å². The molecule has 6 N–H and O–H groups in total. The summed E-state index contributed by atoms with van der Waals surface area (Å²) in [6, 6.07) is 17.5. The number of nitrogens with zero attached hydrogens (tertiary/aromatic N) is 3. The largest absolute Gasteiger partial charge is 0.489 e. The highest BCUT2D eigenvalue weighted by atomic mass is 35.5. The molecule has 0 unspecified atom stereocenters. The number of aromatic nitrogens is 2. The van der Waals surface area contributed by atoms with Gasteiger partial charge in [0.05, 0.1) is 46.7 Å². The Hall–Kier alpha value is -3.89. The third-order valence-corrected chi connectivity index (χ3v) is 5.98. The summed E-state index contributed by atoms with van der Waals surface area (Å²) in [7, 11) is 4.03. The zero-order valence-corrected chi connectivity index (χ0v) is 21.8. The third kappa shape index (κ3) is 8.93. The normalized spacial score (nSPS) is 11.1. The van der Waals surface area contributed by atoms with Gasteiger partial charge in [-0.25, -0.2) is 9.97 Å². The van der Waals surface area contributed by atoms with E-state index in [9.17, 15) is 9.59 Å². The van der Waals surface area contributed by atoms with Gasteiger partial charge in [0.1, 0.15) is 12.4 Å². The molecule has 2 amide bonds. The van der Waals surface area contributed by atoms with Gasteiger partial charge in [0.25, 0.3) is 5.91 Å². The number of benzene rings is 2. The monoisotopic (exact) mass is 526 g/mol. The van der Waals surface area contributed by atoms with Gasteiger partial charge in [-0.3, -0.25) is 9.59 Å². The number of halogens is 1.